The number of nitrogens with zero attached hydrogens (tertiary/aromatic N) is 2. The van der Waals surface area contributed by atoms with Gasteiger partial charge in [-0.25, -0.2) is 9.78 Å². The molecule has 0 aliphatic rings. The van der Waals surface area contributed by atoms with Crippen LogP contribution in [0.5, 0.6) is 5.75 Å². The normalized spacial score (nSPS) is 12.1. The summed E-state index contributed by atoms with van der Waals surface area (Å²) in [6.45, 7) is 0.584. The van der Waals surface area contributed by atoms with Crippen molar-refractivity contribution in [3.63, 3.8) is 0 Å². The molecular formula is C22H20N2O3S2. The van der Waals surface area contributed by atoms with E-state index in [4.69, 9.17) is 4.74 Å². The van der Waals surface area contributed by atoms with Crippen LogP contribution in [0.25, 0.3) is 10.2 Å². The highest BCUT2D eigenvalue weighted by Crippen LogP contribution is 2.29. The van der Waals surface area contributed by atoms with Gasteiger partial charge in [-0.15, -0.1) is 11.3 Å². The van der Waals surface area contributed by atoms with Gasteiger partial charge in [0.25, 0.3) is 0 Å². The van der Waals surface area contributed by atoms with Crippen molar-refractivity contribution < 1.29 is 14.6 Å². The van der Waals surface area contributed by atoms with Crippen LogP contribution in [-0.2, 0) is 11.2 Å². The van der Waals surface area contributed by atoms with Gasteiger partial charge in [-0.2, -0.15) is 0 Å². The first-order chi connectivity index (χ1) is 14.2. The topological polar surface area (TPSA) is 64.3 Å². The smallest absolute Gasteiger partial charge is 0.327 e. The largest absolute Gasteiger partial charge is 0.493 e. The molecular weight excluding hydrogens is 404 g/mol. The molecule has 148 valence electrons. The van der Waals surface area contributed by atoms with Gasteiger partial charge in [-0.1, -0.05) is 36.0 Å². The number of aliphatic carboxylic acids is 1. The van der Waals surface area contributed by atoms with Crippen LogP contribution in [-0.4, -0.2) is 33.0 Å². The molecule has 0 aliphatic carbocycles. The van der Waals surface area contributed by atoms with E-state index in [2.05, 4.69) is 11.1 Å². The van der Waals surface area contributed by atoms with Gasteiger partial charge in [0, 0.05) is 24.6 Å². The summed E-state index contributed by atoms with van der Waals surface area (Å²) in [5.41, 5.74) is 2.00. The quantitative estimate of drug-likeness (QED) is 0.298. The monoisotopic (exact) mass is 424 g/mol. The minimum Gasteiger partial charge on any atom is -0.493 e. The molecule has 0 saturated carbocycles. The second-order valence-electron chi connectivity index (χ2n) is 6.48. The van der Waals surface area contributed by atoms with Crippen LogP contribution in [0.15, 0.2) is 77.4 Å². The molecule has 0 unspecified atom stereocenters. The Kier molecular flexibility index (Phi) is 6.17. The van der Waals surface area contributed by atoms with E-state index in [-0.39, 0.29) is 0 Å². The molecule has 5 nitrogen and oxygen atoms in total. The lowest BCUT2D eigenvalue weighted by atomic mass is 10.1. The average Bonchev–Trinajstić information content (AvgIpc) is 3.39. The Hall–Kier alpha value is -2.77. The van der Waals surface area contributed by atoms with Gasteiger partial charge in [0.15, 0.2) is 4.34 Å². The summed E-state index contributed by atoms with van der Waals surface area (Å²) < 4.78 is 9.78. The summed E-state index contributed by atoms with van der Waals surface area (Å²) in [4.78, 5) is 16.2. The van der Waals surface area contributed by atoms with Gasteiger partial charge in [0.1, 0.15) is 11.8 Å². The van der Waals surface area contributed by atoms with E-state index in [1.165, 1.54) is 4.70 Å². The molecule has 0 saturated heterocycles. The highest BCUT2D eigenvalue weighted by atomic mass is 32.2. The second kappa shape index (κ2) is 9.15. The second-order valence-corrected chi connectivity index (χ2v) is 8.85. The minimum absolute atomic E-state index is 0.428. The molecule has 1 atom stereocenters. The first-order valence-electron chi connectivity index (χ1n) is 9.24. The van der Waals surface area contributed by atoms with Gasteiger partial charge in [-0.3, -0.25) is 0 Å². The zero-order valence-corrected chi connectivity index (χ0v) is 17.2. The maximum Gasteiger partial charge on any atom is 0.327 e. The molecule has 2 aromatic heterocycles. The zero-order chi connectivity index (χ0) is 20.1. The molecule has 29 heavy (non-hydrogen) atoms. The summed E-state index contributed by atoms with van der Waals surface area (Å²) in [6, 6.07) is 18.8. The van der Waals surface area contributed by atoms with Crippen molar-refractivity contribution >= 4 is 39.3 Å². The van der Waals surface area contributed by atoms with Crippen LogP contribution < -0.4 is 4.74 Å². The fraction of sp³-hybridized carbons (Fsp3) is 0.182. The maximum absolute atomic E-state index is 11.6. The van der Waals surface area contributed by atoms with Crippen molar-refractivity contribution in [1.82, 2.24) is 9.55 Å². The zero-order valence-electron chi connectivity index (χ0n) is 15.6. The molecule has 7 heteroatoms. The van der Waals surface area contributed by atoms with E-state index in [0.717, 1.165) is 26.9 Å². The number of hydrogen-bond acceptors (Lipinski definition) is 5. The van der Waals surface area contributed by atoms with Crippen molar-refractivity contribution in [2.24, 2.45) is 0 Å². The van der Waals surface area contributed by atoms with Crippen LogP contribution in [0.1, 0.15) is 11.6 Å². The van der Waals surface area contributed by atoms with Crippen LogP contribution in [0.2, 0.25) is 0 Å². The van der Waals surface area contributed by atoms with E-state index in [1.54, 1.807) is 40.1 Å². The molecule has 2 aromatic carbocycles. The molecule has 0 amide bonds. The van der Waals surface area contributed by atoms with Crippen molar-refractivity contribution in [2.75, 3.05) is 12.4 Å². The number of aromatic nitrogens is 2. The number of hydrogen-bond donors (Lipinski definition) is 1. The fourth-order valence-corrected chi connectivity index (χ4v) is 4.98. The van der Waals surface area contributed by atoms with Gasteiger partial charge in [-0.05, 0) is 42.0 Å². The Morgan fingerprint density at radius 3 is 2.59 bits per heavy atom. The number of carboxylic acid groups (broad SMARTS) is 1. The Morgan fingerprint density at radius 1 is 1.10 bits per heavy atom. The molecule has 0 aliphatic heterocycles. The third-order valence-electron chi connectivity index (χ3n) is 4.48. The first kappa shape index (κ1) is 19.5. The Bertz CT molecular complexity index is 1040. The summed E-state index contributed by atoms with van der Waals surface area (Å²) in [6.07, 6.45) is 3.98. The predicted octanol–water partition coefficient (Wildman–Crippen LogP) is 5.14. The van der Waals surface area contributed by atoms with E-state index >= 15 is 0 Å². The average molecular weight is 425 g/mol. The van der Waals surface area contributed by atoms with E-state index in [1.807, 2.05) is 54.6 Å². The summed E-state index contributed by atoms with van der Waals surface area (Å²) in [5.74, 6) is 0.760. The summed E-state index contributed by atoms with van der Waals surface area (Å²) >= 11 is 3.39. The van der Waals surface area contributed by atoms with Crippen LogP contribution in [0.4, 0.5) is 0 Å². The molecule has 2 heterocycles. The van der Waals surface area contributed by atoms with E-state index in [0.29, 0.717) is 13.0 Å². The van der Waals surface area contributed by atoms with Crippen LogP contribution >= 0.6 is 23.1 Å². The third-order valence-corrected chi connectivity index (χ3v) is 6.62. The number of thiazole rings is 1. The third kappa shape index (κ3) is 4.99. The summed E-state index contributed by atoms with van der Waals surface area (Å²) in [5, 5.41) is 9.49. The molecule has 0 spiro atoms. The lowest BCUT2D eigenvalue weighted by Crippen LogP contribution is -2.20. The predicted molar refractivity (Wildman–Crippen MR) is 117 cm³/mol. The number of ether oxygens (including phenoxy) is 1. The highest BCUT2D eigenvalue weighted by Gasteiger charge is 2.19. The van der Waals surface area contributed by atoms with Crippen LogP contribution in [0.3, 0.4) is 0 Å². The Morgan fingerprint density at radius 2 is 1.86 bits per heavy atom. The lowest BCUT2D eigenvalue weighted by Gasteiger charge is -2.14. The van der Waals surface area contributed by atoms with Crippen molar-refractivity contribution in [2.45, 2.75) is 16.8 Å². The Balaban J connectivity index is 1.27. The van der Waals surface area contributed by atoms with Gasteiger partial charge >= 0.3 is 5.97 Å². The number of benzene rings is 2. The number of fused-ring (bicyclic) bond motifs is 1. The van der Waals surface area contributed by atoms with Crippen molar-refractivity contribution in [3.8, 4) is 5.75 Å². The maximum atomic E-state index is 11.6. The molecule has 4 aromatic rings. The molecule has 0 radical (unpaired) electrons. The van der Waals surface area contributed by atoms with Crippen LogP contribution in [0, 0.1) is 0 Å². The highest BCUT2D eigenvalue weighted by molar-refractivity contribution is 8.01. The minimum atomic E-state index is -0.839. The number of rotatable bonds is 9. The Labute approximate surface area is 177 Å². The molecule has 1 N–H and O–H groups in total. The lowest BCUT2D eigenvalue weighted by molar-refractivity contribution is -0.140. The van der Waals surface area contributed by atoms with E-state index < -0.39 is 12.0 Å². The first-order valence-corrected chi connectivity index (χ1v) is 11.0. The number of carboxylic acids is 1. The SMILES string of the molecule is O=C(O)[C@H](Cc1ccc(OCCSc2nc3ccccc3s2)cc1)n1cccc1. The number of carbonyl (C=O) groups is 1. The van der Waals surface area contributed by atoms with E-state index in [9.17, 15) is 9.90 Å². The fourth-order valence-electron chi connectivity index (χ4n) is 3.02. The number of thioether (sulfide) groups is 1. The standard InChI is InChI=1S/C22H20N2O3S2/c25-21(26)19(24-11-3-4-12-24)15-16-7-9-17(10-8-16)27-13-14-28-22-23-18-5-1-2-6-20(18)29-22/h1-12,19H,13-15H2,(H,25,26)/t19-/m0/s1. The molecule has 0 bridgehead atoms. The van der Waals surface area contributed by atoms with Gasteiger partial charge < -0.3 is 14.4 Å². The van der Waals surface area contributed by atoms with Gasteiger partial charge in [0.2, 0.25) is 0 Å². The van der Waals surface area contributed by atoms with Crippen molar-refractivity contribution in [1.29, 1.82) is 0 Å². The molecule has 4 rings (SSSR count). The molecule has 0 fully saturated rings. The van der Waals surface area contributed by atoms with Crippen molar-refractivity contribution in [3.05, 3.63) is 78.6 Å². The summed E-state index contributed by atoms with van der Waals surface area (Å²) in [7, 11) is 0. The number of para-hydroxylation sites is 1. The van der Waals surface area contributed by atoms with Gasteiger partial charge in [0.05, 0.1) is 16.8 Å².